The zero-order valence-corrected chi connectivity index (χ0v) is 11.4. The van der Waals surface area contributed by atoms with Crippen molar-refractivity contribution in [3.05, 3.63) is 71.8 Å². The van der Waals surface area contributed by atoms with Gasteiger partial charge >= 0.3 is 0 Å². The highest BCUT2D eigenvalue weighted by atomic mass is 14.9. The molecule has 19 heavy (non-hydrogen) atoms. The second kappa shape index (κ2) is 4.54. The molecule has 0 radical (unpaired) electrons. The smallest absolute Gasteiger partial charge is 0.137 e. The van der Waals surface area contributed by atoms with E-state index in [4.69, 9.17) is 0 Å². The number of H-pyrrole nitrogens is 1. The summed E-state index contributed by atoms with van der Waals surface area (Å²) in [6.45, 7) is 4.53. The predicted molar refractivity (Wildman–Crippen MR) is 78.7 cm³/mol. The predicted octanol–water partition coefficient (Wildman–Crippen LogP) is 4.10. The third-order valence-electron chi connectivity index (χ3n) is 4.21. The second-order valence-electron chi connectivity index (χ2n) is 5.28. The number of aromatic amines is 1. The molecule has 2 heteroatoms. The fourth-order valence-electron chi connectivity index (χ4n) is 2.80. The zero-order chi connectivity index (χ0) is 13.3. The highest BCUT2D eigenvalue weighted by molar-refractivity contribution is 5.76. The summed E-state index contributed by atoms with van der Waals surface area (Å²) in [5, 5.41) is 0. The first-order valence-electron chi connectivity index (χ1n) is 6.65. The van der Waals surface area contributed by atoms with Crippen LogP contribution in [0.3, 0.4) is 0 Å². The largest absolute Gasteiger partial charge is 0.345 e. The van der Waals surface area contributed by atoms with E-state index in [0.29, 0.717) is 0 Å². The van der Waals surface area contributed by atoms with Gasteiger partial charge in [-0.1, -0.05) is 55.0 Å². The summed E-state index contributed by atoms with van der Waals surface area (Å²) in [6, 6.07) is 10.7. The number of imidazole rings is 1. The quantitative estimate of drug-likeness (QED) is 0.854. The lowest BCUT2D eigenvalue weighted by atomic mass is 9.70. The van der Waals surface area contributed by atoms with Crippen molar-refractivity contribution >= 4 is 5.57 Å². The zero-order valence-electron chi connectivity index (χ0n) is 11.4. The number of hydrogen-bond acceptors (Lipinski definition) is 1. The molecule has 0 saturated heterocycles. The van der Waals surface area contributed by atoms with Gasteiger partial charge in [-0.15, -0.1) is 0 Å². The number of benzene rings is 1. The maximum atomic E-state index is 4.38. The van der Waals surface area contributed by atoms with Crippen molar-refractivity contribution in [3.63, 3.8) is 0 Å². The van der Waals surface area contributed by atoms with Crippen LogP contribution < -0.4 is 0 Å². The Bertz CT molecular complexity index is 621. The lowest BCUT2D eigenvalue weighted by Crippen LogP contribution is -2.25. The number of hydrogen-bond donors (Lipinski definition) is 1. The molecular weight excluding hydrogens is 232 g/mol. The molecule has 1 unspecified atom stereocenters. The average Bonchev–Trinajstić information content (AvgIpc) is 2.97. The molecule has 0 bridgehead atoms. The molecular formula is C17H18N2. The SMILES string of the molecule is CC1=C(c2ncc[nH]2)C=CCC1(C)c1ccccc1. The van der Waals surface area contributed by atoms with Crippen LogP contribution in [0.4, 0.5) is 0 Å². The van der Waals surface area contributed by atoms with Crippen molar-refractivity contribution < 1.29 is 0 Å². The number of allylic oxidation sites excluding steroid dienone is 4. The summed E-state index contributed by atoms with van der Waals surface area (Å²) in [7, 11) is 0. The van der Waals surface area contributed by atoms with E-state index in [0.717, 1.165) is 12.2 Å². The van der Waals surface area contributed by atoms with Gasteiger partial charge in [-0.2, -0.15) is 0 Å². The van der Waals surface area contributed by atoms with E-state index < -0.39 is 0 Å². The van der Waals surface area contributed by atoms with E-state index in [1.54, 1.807) is 6.20 Å². The topological polar surface area (TPSA) is 28.7 Å². The second-order valence-corrected chi connectivity index (χ2v) is 5.28. The van der Waals surface area contributed by atoms with Gasteiger partial charge in [0.1, 0.15) is 5.82 Å². The van der Waals surface area contributed by atoms with E-state index in [9.17, 15) is 0 Å². The molecule has 1 aromatic carbocycles. The van der Waals surface area contributed by atoms with Gasteiger partial charge in [0.05, 0.1) is 0 Å². The average molecular weight is 250 g/mol. The number of aromatic nitrogens is 2. The van der Waals surface area contributed by atoms with Crippen molar-refractivity contribution in [3.8, 4) is 0 Å². The molecule has 0 amide bonds. The summed E-state index contributed by atoms with van der Waals surface area (Å²) >= 11 is 0. The molecule has 0 aliphatic heterocycles. The molecule has 3 rings (SSSR count). The first kappa shape index (κ1) is 12.0. The summed E-state index contributed by atoms with van der Waals surface area (Å²) in [5.41, 5.74) is 4.00. The van der Waals surface area contributed by atoms with Gasteiger partial charge in [0.25, 0.3) is 0 Å². The summed E-state index contributed by atoms with van der Waals surface area (Å²) in [4.78, 5) is 7.59. The Labute approximate surface area is 113 Å². The highest BCUT2D eigenvalue weighted by Gasteiger charge is 2.31. The summed E-state index contributed by atoms with van der Waals surface area (Å²) in [5.74, 6) is 0.954. The fourth-order valence-corrected chi connectivity index (χ4v) is 2.80. The molecule has 1 aliphatic rings. The van der Waals surface area contributed by atoms with Gasteiger partial charge in [0.2, 0.25) is 0 Å². The van der Waals surface area contributed by atoms with Crippen molar-refractivity contribution in [2.75, 3.05) is 0 Å². The first-order valence-corrected chi connectivity index (χ1v) is 6.65. The third-order valence-corrected chi connectivity index (χ3v) is 4.21. The maximum absolute atomic E-state index is 4.38. The van der Waals surface area contributed by atoms with Crippen molar-refractivity contribution in [1.82, 2.24) is 9.97 Å². The molecule has 1 atom stereocenters. The van der Waals surface area contributed by atoms with Crippen molar-refractivity contribution in [2.24, 2.45) is 0 Å². The van der Waals surface area contributed by atoms with Crippen LogP contribution in [-0.2, 0) is 5.41 Å². The van der Waals surface area contributed by atoms with E-state index in [1.165, 1.54) is 16.7 Å². The van der Waals surface area contributed by atoms with Crippen LogP contribution in [0.15, 0.2) is 60.5 Å². The summed E-state index contributed by atoms with van der Waals surface area (Å²) in [6.07, 6.45) is 9.14. The van der Waals surface area contributed by atoms with E-state index in [2.05, 4.69) is 66.3 Å². The van der Waals surface area contributed by atoms with Gasteiger partial charge in [0, 0.05) is 23.4 Å². The van der Waals surface area contributed by atoms with Gasteiger partial charge in [0.15, 0.2) is 0 Å². The number of nitrogens with zero attached hydrogens (tertiary/aromatic N) is 1. The molecule has 0 fully saturated rings. The molecule has 1 N–H and O–H groups in total. The van der Waals surface area contributed by atoms with Crippen molar-refractivity contribution in [1.29, 1.82) is 0 Å². The first-order chi connectivity index (χ1) is 9.22. The third kappa shape index (κ3) is 1.93. The van der Waals surface area contributed by atoms with Crippen molar-refractivity contribution in [2.45, 2.75) is 25.7 Å². The molecule has 1 aliphatic carbocycles. The molecule has 96 valence electrons. The molecule has 2 nitrogen and oxygen atoms in total. The van der Waals surface area contributed by atoms with Gasteiger partial charge in [-0.25, -0.2) is 4.98 Å². The van der Waals surface area contributed by atoms with Gasteiger partial charge in [-0.3, -0.25) is 0 Å². The Balaban J connectivity index is 2.12. The minimum atomic E-state index is 0.0537. The van der Waals surface area contributed by atoms with Crippen LogP contribution in [0.5, 0.6) is 0 Å². The van der Waals surface area contributed by atoms with Crippen LogP contribution in [-0.4, -0.2) is 9.97 Å². The van der Waals surface area contributed by atoms with Crippen LogP contribution >= 0.6 is 0 Å². The molecule has 0 saturated carbocycles. The lowest BCUT2D eigenvalue weighted by Gasteiger charge is -2.34. The summed E-state index contributed by atoms with van der Waals surface area (Å²) < 4.78 is 0. The Morgan fingerprint density at radius 1 is 1.21 bits per heavy atom. The van der Waals surface area contributed by atoms with Crippen LogP contribution in [0.25, 0.3) is 5.57 Å². The fraction of sp³-hybridized carbons (Fsp3) is 0.235. The van der Waals surface area contributed by atoms with Crippen LogP contribution in [0.1, 0.15) is 31.7 Å². The van der Waals surface area contributed by atoms with E-state index in [-0.39, 0.29) is 5.41 Å². The van der Waals surface area contributed by atoms with Crippen LogP contribution in [0, 0.1) is 0 Å². The number of nitrogens with one attached hydrogen (secondary N) is 1. The Kier molecular flexibility index (Phi) is 2.86. The van der Waals surface area contributed by atoms with E-state index >= 15 is 0 Å². The minimum Gasteiger partial charge on any atom is -0.345 e. The minimum absolute atomic E-state index is 0.0537. The molecule has 0 spiro atoms. The Hall–Kier alpha value is -2.09. The van der Waals surface area contributed by atoms with Crippen LogP contribution in [0.2, 0.25) is 0 Å². The Morgan fingerprint density at radius 2 is 2.00 bits per heavy atom. The number of rotatable bonds is 2. The van der Waals surface area contributed by atoms with E-state index in [1.807, 2.05) is 6.20 Å². The normalized spacial score (nSPS) is 22.8. The van der Waals surface area contributed by atoms with Gasteiger partial charge < -0.3 is 4.98 Å². The maximum Gasteiger partial charge on any atom is 0.137 e. The molecule has 1 aromatic heterocycles. The molecule has 2 aromatic rings. The Morgan fingerprint density at radius 3 is 2.68 bits per heavy atom. The standard InChI is InChI=1S/C17H18N2/c1-13-15(16-18-11-12-19-16)9-6-10-17(13,2)14-7-4-3-5-8-14/h3-9,11-12H,10H2,1-2H3,(H,18,19). The van der Waals surface area contributed by atoms with Gasteiger partial charge in [-0.05, 0) is 18.9 Å². The highest BCUT2D eigenvalue weighted by Crippen LogP contribution is 2.42. The lowest BCUT2D eigenvalue weighted by molar-refractivity contribution is 0.562. The molecule has 1 heterocycles. The monoisotopic (exact) mass is 250 g/mol.